The first-order valence-corrected chi connectivity index (χ1v) is 11.6. The number of phenols is 1. The number of aliphatic hydroxyl groups is 2. The number of rotatable bonds is 7. The average Bonchev–Trinajstić information content (AvgIpc) is 2.68. The van der Waals surface area contributed by atoms with Crippen LogP contribution in [0.5, 0.6) is 5.75 Å². The van der Waals surface area contributed by atoms with Crippen molar-refractivity contribution in [3.63, 3.8) is 0 Å². The Bertz CT molecular complexity index is 668. The molecule has 11 heteroatoms. The first-order valence-electron chi connectivity index (χ1n) is 9.96. The Hall–Kier alpha value is -0.511. The van der Waals surface area contributed by atoms with Crippen LogP contribution >= 0.6 is 7.60 Å². The van der Waals surface area contributed by atoms with Gasteiger partial charge in [-0.15, -0.1) is 0 Å². The van der Waals surface area contributed by atoms with Crippen molar-refractivity contribution in [1.82, 2.24) is 14.7 Å². The number of β-amino-alcohol motifs (C(OH)–C–C–N with tert-alkyl or cyclic N) is 2. The van der Waals surface area contributed by atoms with Crippen molar-refractivity contribution in [3.8, 4) is 5.75 Å². The van der Waals surface area contributed by atoms with E-state index in [1.807, 2.05) is 0 Å². The molecule has 0 saturated carbocycles. The van der Waals surface area contributed by atoms with Gasteiger partial charge in [0.15, 0.2) is 0 Å². The van der Waals surface area contributed by atoms with Gasteiger partial charge < -0.3 is 25.1 Å². The molecule has 0 radical (unpaired) electrons. The number of hydrogen-bond donors (Lipinski definition) is 5. The SMILES string of the molecule is C[C@H](O)CN1CCN(C[C@H](C)O)CCN(C(c2ccccc2O)P(=O)(O)O)CC1.[Fe+2]. The molecule has 9 nitrogen and oxygen atoms in total. The third kappa shape index (κ3) is 8.55. The van der Waals surface area contributed by atoms with E-state index in [2.05, 4.69) is 9.80 Å². The summed E-state index contributed by atoms with van der Waals surface area (Å²) in [5.74, 6) is -1.41. The first-order chi connectivity index (χ1) is 13.6. The Morgan fingerprint density at radius 3 is 1.73 bits per heavy atom. The predicted octanol–water partition coefficient (Wildman–Crippen LogP) is 0.247. The molecule has 1 aromatic carbocycles. The van der Waals surface area contributed by atoms with Crippen molar-refractivity contribution in [3.05, 3.63) is 29.8 Å². The molecule has 1 fully saturated rings. The van der Waals surface area contributed by atoms with Crippen molar-refractivity contribution in [1.29, 1.82) is 0 Å². The largest absolute Gasteiger partial charge is 2.00 e. The molecular weight excluding hydrogens is 453 g/mol. The Balaban J connectivity index is 0.00000450. The number of phenolic OH excluding ortho intramolecular Hbond substituents is 1. The molecule has 1 heterocycles. The molecule has 172 valence electrons. The van der Waals surface area contributed by atoms with Crippen LogP contribution in [0.2, 0.25) is 0 Å². The molecule has 1 aliphatic heterocycles. The Labute approximate surface area is 188 Å². The average molecular weight is 487 g/mol. The van der Waals surface area contributed by atoms with Gasteiger partial charge in [0.25, 0.3) is 0 Å². The number of nitrogens with zero attached hydrogens (tertiary/aromatic N) is 3. The maximum Gasteiger partial charge on any atom is 2.00 e. The fourth-order valence-corrected chi connectivity index (χ4v) is 5.05. The van der Waals surface area contributed by atoms with Gasteiger partial charge in [0.05, 0.1) is 12.2 Å². The third-order valence-electron chi connectivity index (χ3n) is 5.06. The fourth-order valence-electron chi connectivity index (χ4n) is 3.81. The van der Waals surface area contributed by atoms with E-state index < -0.39 is 25.6 Å². The van der Waals surface area contributed by atoms with Crippen molar-refractivity contribution in [2.45, 2.75) is 31.8 Å². The van der Waals surface area contributed by atoms with Gasteiger partial charge in [-0.3, -0.25) is 19.3 Å². The molecule has 0 spiro atoms. The Kier molecular flexibility index (Phi) is 11.5. The Morgan fingerprint density at radius 2 is 1.33 bits per heavy atom. The summed E-state index contributed by atoms with van der Waals surface area (Å²) in [6, 6.07) is 6.22. The topological polar surface area (TPSA) is 128 Å². The molecule has 5 N–H and O–H groups in total. The molecule has 0 aliphatic carbocycles. The fraction of sp³-hybridized carbons (Fsp3) is 0.684. The molecular formula is C19H34FeN3O6P+2. The summed E-state index contributed by atoms with van der Waals surface area (Å²) >= 11 is 0. The quantitative estimate of drug-likeness (QED) is 0.272. The summed E-state index contributed by atoms with van der Waals surface area (Å²) in [4.78, 5) is 26.0. The second-order valence-electron chi connectivity index (χ2n) is 7.86. The molecule has 0 bridgehead atoms. The number of para-hydroxylation sites is 1. The van der Waals surface area contributed by atoms with Gasteiger partial charge in [-0.2, -0.15) is 0 Å². The van der Waals surface area contributed by atoms with E-state index >= 15 is 0 Å². The van der Waals surface area contributed by atoms with E-state index in [-0.39, 0.29) is 28.4 Å². The standard InChI is InChI=1S/C19H34N3O6P.Fe/c1-15(23)13-20-7-8-21(14-16(2)24)10-12-22(11-9-20)19(29(26,27)28)17-5-3-4-6-18(17)25;/h3-6,15-16,19,23-25H,7-14H2,1-2H3,(H2,26,27,28);/q;+2/t15-,16-,19?;/m0./s1. The van der Waals surface area contributed by atoms with Crippen LogP contribution in [-0.4, -0.2) is 104 Å². The van der Waals surface area contributed by atoms with Gasteiger partial charge in [0, 0.05) is 57.9 Å². The minimum atomic E-state index is -4.61. The van der Waals surface area contributed by atoms with Gasteiger partial charge in [0.2, 0.25) is 0 Å². The van der Waals surface area contributed by atoms with E-state index in [1.54, 1.807) is 30.9 Å². The molecule has 1 saturated heterocycles. The number of aliphatic hydroxyl groups excluding tert-OH is 2. The normalized spacial score (nSPS) is 21.0. The van der Waals surface area contributed by atoms with E-state index in [9.17, 15) is 29.7 Å². The predicted molar refractivity (Wildman–Crippen MR) is 111 cm³/mol. The Morgan fingerprint density at radius 1 is 0.900 bits per heavy atom. The summed E-state index contributed by atoms with van der Waals surface area (Å²) in [5.41, 5.74) is 0.198. The van der Waals surface area contributed by atoms with Crippen LogP contribution in [0.3, 0.4) is 0 Å². The van der Waals surface area contributed by atoms with Crippen molar-refractivity contribution < 1.29 is 46.7 Å². The third-order valence-corrected chi connectivity index (χ3v) is 6.31. The summed E-state index contributed by atoms with van der Waals surface area (Å²) in [5, 5.41) is 29.8. The summed E-state index contributed by atoms with van der Waals surface area (Å²) in [6.07, 6.45) is -1.05. The van der Waals surface area contributed by atoms with Crippen LogP contribution in [0.25, 0.3) is 0 Å². The number of hydrogen-bond acceptors (Lipinski definition) is 7. The van der Waals surface area contributed by atoms with Gasteiger partial charge >= 0.3 is 24.7 Å². The molecule has 1 aromatic rings. The van der Waals surface area contributed by atoms with Crippen LogP contribution in [-0.2, 0) is 21.6 Å². The van der Waals surface area contributed by atoms with E-state index in [0.717, 1.165) is 0 Å². The first kappa shape index (κ1) is 27.5. The molecule has 1 unspecified atom stereocenters. The van der Waals surface area contributed by atoms with Crippen LogP contribution in [0.1, 0.15) is 25.2 Å². The maximum absolute atomic E-state index is 12.4. The molecule has 3 atom stereocenters. The smallest absolute Gasteiger partial charge is 0.508 e. The molecule has 0 aromatic heterocycles. The maximum atomic E-state index is 12.4. The second kappa shape index (κ2) is 12.5. The molecule has 30 heavy (non-hydrogen) atoms. The van der Waals surface area contributed by atoms with Gasteiger partial charge in [-0.05, 0) is 19.9 Å². The second-order valence-corrected chi connectivity index (χ2v) is 9.52. The van der Waals surface area contributed by atoms with Crippen molar-refractivity contribution in [2.75, 3.05) is 52.4 Å². The van der Waals surface area contributed by atoms with Crippen LogP contribution < -0.4 is 0 Å². The monoisotopic (exact) mass is 487 g/mol. The molecule has 0 amide bonds. The van der Waals surface area contributed by atoms with Gasteiger partial charge in [-0.1, -0.05) is 18.2 Å². The molecule has 1 aliphatic rings. The van der Waals surface area contributed by atoms with E-state index in [1.165, 1.54) is 12.1 Å². The summed E-state index contributed by atoms with van der Waals surface area (Å²) in [6.45, 7) is 7.48. The minimum absolute atomic E-state index is 0. The minimum Gasteiger partial charge on any atom is -0.508 e. The van der Waals surface area contributed by atoms with Crippen LogP contribution in [0, 0.1) is 0 Å². The molecule has 2 rings (SSSR count). The summed E-state index contributed by atoms with van der Waals surface area (Å²) < 4.78 is 12.4. The van der Waals surface area contributed by atoms with Gasteiger partial charge in [-0.25, -0.2) is 0 Å². The zero-order valence-corrected chi connectivity index (χ0v) is 19.5. The zero-order chi connectivity index (χ0) is 21.6. The summed E-state index contributed by atoms with van der Waals surface area (Å²) in [7, 11) is -4.61. The van der Waals surface area contributed by atoms with Crippen molar-refractivity contribution >= 4 is 7.60 Å². The zero-order valence-electron chi connectivity index (χ0n) is 17.5. The van der Waals surface area contributed by atoms with Gasteiger partial charge in [0.1, 0.15) is 11.5 Å². The van der Waals surface area contributed by atoms with Crippen LogP contribution in [0.4, 0.5) is 0 Å². The van der Waals surface area contributed by atoms with Crippen molar-refractivity contribution in [2.24, 2.45) is 0 Å². The van der Waals surface area contributed by atoms with E-state index in [4.69, 9.17) is 0 Å². The number of aromatic hydroxyl groups is 1. The van der Waals surface area contributed by atoms with Crippen LogP contribution in [0.15, 0.2) is 24.3 Å². The number of benzene rings is 1. The van der Waals surface area contributed by atoms with E-state index in [0.29, 0.717) is 52.4 Å².